The van der Waals surface area contributed by atoms with Crippen LogP contribution < -0.4 is 5.32 Å². The summed E-state index contributed by atoms with van der Waals surface area (Å²) in [5, 5.41) is 4.18. The minimum atomic E-state index is 0.546. The SMILES string of the molecule is CC(C)NCCCc1nc2ccc(Cl)cc2n1C. The van der Waals surface area contributed by atoms with Gasteiger partial charge in [-0.15, -0.1) is 0 Å². The van der Waals surface area contributed by atoms with E-state index in [0.29, 0.717) is 6.04 Å². The van der Waals surface area contributed by atoms with Crippen LogP contribution in [0.4, 0.5) is 0 Å². The summed E-state index contributed by atoms with van der Waals surface area (Å²) in [7, 11) is 2.05. The standard InChI is InChI=1S/C14H20ClN3/c1-10(2)16-8-4-5-14-17-12-7-6-11(15)9-13(12)18(14)3/h6-7,9-10,16H,4-5,8H2,1-3H3. The number of rotatable bonds is 5. The van der Waals surface area contributed by atoms with E-state index in [1.165, 1.54) is 0 Å². The second-order valence-electron chi connectivity index (χ2n) is 4.93. The molecule has 0 amide bonds. The third kappa shape index (κ3) is 3.03. The second kappa shape index (κ2) is 5.72. The quantitative estimate of drug-likeness (QED) is 0.842. The predicted octanol–water partition coefficient (Wildman–Crippen LogP) is 3.16. The van der Waals surface area contributed by atoms with E-state index in [1.807, 2.05) is 18.2 Å². The average Bonchev–Trinajstić information content (AvgIpc) is 2.62. The summed E-state index contributed by atoms with van der Waals surface area (Å²) in [6, 6.07) is 6.39. The van der Waals surface area contributed by atoms with Crippen molar-refractivity contribution in [2.45, 2.75) is 32.7 Å². The molecule has 0 aliphatic carbocycles. The second-order valence-corrected chi connectivity index (χ2v) is 5.37. The number of fused-ring (bicyclic) bond motifs is 1. The van der Waals surface area contributed by atoms with Crippen molar-refractivity contribution >= 4 is 22.6 Å². The Bertz CT molecular complexity index is 531. The molecule has 0 unspecified atom stereocenters. The smallest absolute Gasteiger partial charge is 0.109 e. The molecule has 0 aliphatic rings. The number of benzene rings is 1. The first-order valence-corrected chi connectivity index (χ1v) is 6.80. The molecule has 1 N–H and O–H groups in total. The molecule has 3 nitrogen and oxygen atoms in total. The lowest BCUT2D eigenvalue weighted by Gasteiger charge is -2.07. The predicted molar refractivity (Wildman–Crippen MR) is 77.2 cm³/mol. The number of hydrogen-bond donors (Lipinski definition) is 1. The maximum absolute atomic E-state index is 6.01. The zero-order valence-corrected chi connectivity index (χ0v) is 12.0. The summed E-state index contributed by atoms with van der Waals surface area (Å²) in [5.41, 5.74) is 2.13. The van der Waals surface area contributed by atoms with Crippen molar-refractivity contribution in [2.24, 2.45) is 7.05 Å². The van der Waals surface area contributed by atoms with Crippen molar-refractivity contribution in [3.8, 4) is 0 Å². The van der Waals surface area contributed by atoms with Crippen LogP contribution in [-0.2, 0) is 13.5 Å². The van der Waals surface area contributed by atoms with E-state index < -0.39 is 0 Å². The number of aryl methyl sites for hydroxylation is 2. The lowest BCUT2D eigenvalue weighted by molar-refractivity contribution is 0.563. The molecule has 18 heavy (non-hydrogen) atoms. The van der Waals surface area contributed by atoms with Gasteiger partial charge in [0.15, 0.2) is 0 Å². The molecule has 0 saturated heterocycles. The average molecular weight is 266 g/mol. The molecule has 0 spiro atoms. The summed E-state index contributed by atoms with van der Waals surface area (Å²) in [4.78, 5) is 4.65. The number of nitrogens with one attached hydrogen (secondary N) is 1. The Hall–Kier alpha value is -1.06. The largest absolute Gasteiger partial charge is 0.331 e. The molecular formula is C14H20ClN3. The highest BCUT2D eigenvalue weighted by atomic mass is 35.5. The minimum absolute atomic E-state index is 0.546. The van der Waals surface area contributed by atoms with Gasteiger partial charge in [-0.3, -0.25) is 0 Å². The molecule has 0 saturated carbocycles. The summed E-state index contributed by atoms with van der Waals surface area (Å²) in [6.07, 6.45) is 2.09. The van der Waals surface area contributed by atoms with Gasteiger partial charge in [-0.05, 0) is 31.2 Å². The van der Waals surface area contributed by atoms with Crippen LogP contribution in [0.2, 0.25) is 5.02 Å². The monoisotopic (exact) mass is 265 g/mol. The highest BCUT2D eigenvalue weighted by molar-refractivity contribution is 6.31. The Labute approximate surface area is 113 Å². The van der Waals surface area contributed by atoms with Crippen molar-refractivity contribution < 1.29 is 0 Å². The first-order chi connectivity index (χ1) is 8.58. The molecule has 1 aromatic heterocycles. The summed E-state index contributed by atoms with van der Waals surface area (Å²) in [6.45, 7) is 5.36. The van der Waals surface area contributed by atoms with Crippen molar-refractivity contribution in [1.29, 1.82) is 0 Å². The van der Waals surface area contributed by atoms with E-state index in [2.05, 4.69) is 35.8 Å². The van der Waals surface area contributed by atoms with Gasteiger partial charge in [0.25, 0.3) is 0 Å². The van der Waals surface area contributed by atoms with E-state index in [1.54, 1.807) is 0 Å². The van der Waals surface area contributed by atoms with Gasteiger partial charge in [-0.2, -0.15) is 0 Å². The zero-order valence-electron chi connectivity index (χ0n) is 11.2. The van der Waals surface area contributed by atoms with Crippen LogP contribution in [0.5, 0.6) is 0 Å². The van der Waals surface area contributed by atoms with Gasteiger partial charge in [0.1, 0.15) is 5.82 Å². The molecule has 0 aliphatic heterocycles. The van der Waals surface area contributed by atoms with E-state index >= 15 is 0 Å². The number of aromatic nitrogens is 2. The van der Waals surface area contributed by atoms with Gasteiger partial charge >= 0.3 is 0 Å². The lowest BCUT2D eigenvalue weighted by atomic mass is 10.3. The Morgan fingerprint density at radius 2 is 2.17 bits per heavy atom. The number of imidazole rings is 1. The fourth-order valence-corrected chi connectivity index (χ4v) is 2.24. The van der Waals surface area contributed by atoms with E-state index in [-0.39, 0.29) is 0 Å². The van der Waals surface area contributed by atoms with Gasteiger partial charge in [0.2, 0.25) is 0 Å². The summed E-state index contributed by atoms with van der Waals surface area (Å²) in [5.74, 6) is 1.12. The Morgan fingerprint density at radius 1 is 1.39 bits per heavy atom. The number of nitrogens with zero attached hydrogens (tertiary/aromatic N) is 2. The minimum Gasteiger partial charge on any atom is -0.331 e. The zero-order chi connectivity index (χ0) is 13.1. The van der Waals surface area contributed by atoms with Gasteiger partial charge in [-0.1, -0.05) is 25.4 Å². The topological polar surface area (TPSA) is 29.9 Å². The van der Waals surface area contributed by atoms with E-state index in [0.717, 1.165) is 41.3 Å². The van der Waals surface area contributed by atoms with Crippen molar-refractivity contribution in [1.82, 2.24) is 14.9 Å². The molecule has 4 heteroatoms. The van der Waals surface area contributed by atoms with Crippen molar-refractivity contribution in [2.75, 3.05) is 6.54 Å². The molecule has 1 aromatic carbocycles. The van der Waals surface area contributed by atoms with E-state index in [9.17, 15) is 0 Å². The lowest BCUT2D eigenvalue weighted by Crippen LogP contribution is -2.24. The first-order valence-electron chi connectivity index (χ1n) is 6.42. The van der Waals surface area contributed by atoms with E-state index in [4.69, 9.17) is 11.6 Å². The summed E-state index contributed by atoms with van der Waals surface area (Å²) >= 11 is 6.01. The molecule has 98 valence electrons. The molecule has 0 atom stereocenters. The van der Waals surface area contributed by atoms with Gasteiger partial charge < -0.3 is 9.88 Å². The maximum Gasteiger partial charge on any atom is 0.109 e. The maximum atomic E-state index is 6.01. The highest BCUT2D eigenvalue weighted by Crippen LogP contribution is 2.20. The van der Waals surface area contributed by atoms with Crippen LogP contribution in [0, 0.1) is 0 Å². The van der Waals surface area contributed by atoms with Crippen molar-refractivity contribution in [3.63, 3.8) is 0 Å². The van der Waals surface area contributed by atoms with Gasteiger partial charge in [0, 0.05) is 24.5 Å². The third-order valence-corrected chi connectivity index (χ3v) is 3.30. The van der Waals surface area contributed by atoms with Crippen LogP contribution in [0.15, 0.2) is 18.2 Å². The molecule has 0 bridgehead atoms. The Kier molecular flexibility index (Phi) is 4.25. The van der Waals surface area contributed by atoms with Crippen LogP contribution in [-0.4, -0.2) is 22.1 Å². The number of hydrogen-bond acceptors (Lipinski definition) is 2. The molecule has 0 radical (unpaired) electrons. The first kappa shape index (κ1) is 13.4. The fraction of sp³-hybridized carbons (Fsp3) is 0.500. The van der Waals surface area contributed by atoms with Crippen molar-refractivity contribution in [3.05, 3.63) is 29.0 Å². The normalized spacial score (nSPS) is 11.6. The molecule has 0 fully saturated rings. The van der Waals surface area contributed by atoms with Gasteiger partial charge in [0.05, 0.1) is 11.0 Å². The summed E-state index contributed by atoms with van der Waals surface area (Å²) < 4.78 is 2.14. The highest BCUT2D eigenvalue weighted by Gasteiger charge is 2.07. The van der Waals surface area contributed by atoms with Crippen LogP contribution in [0.1, 0.15) is 26.1 Å². The Balaban J connectivity index is 2.07. The molecule has 2 rings (SSSR count). The third-order valence-electron chi connectivity index (χ3n) is 3.07. The Morgan fingerprint density at radius 3 is 2.89 bits per heavy atom. The molecule has 1 heterocycles. The van der Waals surface area contributed by atoms with Crippen LogP contribution >= 0.6 is 11.6 Å². The molecular weight excluding hydrogens is 246 g/mol. The van der Waals surface area contributed by atoms with Gasteiger partial charge in [-0.25, -0.2) is 4.98 Å². The molecule has 2 aromatic rings. The van der Waals surface area contributed by atoms with Crippen LogP contribution in [0.3, 0.4) is 0 Å². The van der Waals surface area contributed by atoms with Crippen LogP contribution in [0.25, 0.3) is 11.0 Å². The number of halogens is 1. The fourth-order valence-electron chi connectivity index (χ4n) is 2.07.